The molecule has 3 heteroatoms. The van der Waals surface area contributed by atoms with Gasteiger partial charge in [0, 0.05) is 19.0 Å². The maximum absolute atomic E-state index is 10.5. The van der Waals surface area contributed by atoms with Gasteiger partial charge in [-0.15, -0.1) is 0 Å². The van der Waals surface area contributed by atoms with Gasteiger partial charge in [-0.25, -0.2) is 0 Å². The molecule has 0 aliphatic heterocycles. The monoisotopic (exact) mass is 263 g/mol. The van der Waals surface area contributed by atoms with Gasteiger partial charge in [0.15, 0.2) is 0 Å². The Labute approximate surface area is 116 Å². The zero-order valence-corrected chi connectivity index (χ0v) is 12.0. The fourth-order valence-corrected chi connectivity index (χ4v) is 2.12. The molecule has 0 heterocycles. The Kier molecular flexibility index (Phi) is 7.19. The van der Waals surface area contributed by atoms with E-state index in [4.69, 9.17) is 5.11 Å². The molecule has 1 N–H and O–H groups in total. The number of nitrogens with zero attached hydrogens (tertiary/aromatic N) is 1. The molecular formula is C16H25NO2. The van der Waals surface area contributed by atoms with Crippen molar-refractivity contribution < 1.29 is 9.90 Å². The van der Waals surface area contributed by atoms with E-state index >= 15 is 0 Å². The van der Waals surface area contributed by atoms with E-state index in [0.717, 1.165) is 32.4 Å². The second kappa shape index (κ2) is 8.70. The summed E-state index contributed by atoms with van der Waals surface area (Å²) in [5.41, 5.74) is 1.32. The summed E-state index contributed by atoms with van der Waals surface area (Å²) in [7, 11) is 0. The van der Waals surface area contributed by atoms with E-state index in [-0.39, 0.29) is 6.42 Å². The Balaban J connectivity index is 2.45. The summed E-state index contributed by atoms with van der Waals surface area (Å²) in [4.78, 5) is 13.0. The van der Waals surface area contributed by atoms with Crippen LogP contribution < -0.4 is 0 Å². The second-order valence-corrected chi connectivity index (χ2v) is 5.06. The number of rotatable bonds is 9. The predicted molar refractivity (Wildman–Crippen MR) is 78.1 cm³/mol. The third kappa shape index (κ3) is 6.39. The maximum atomic E-state index is 10.5. The van der Waals surface area contributed by atoms with Crippen LogP contribution in [0.3, 0.4) is 0 Å². The van der Waals surface area contributed by atoms with Crippen molar-refractivity contribution in [2.24, 2.45) is 0 Å². The second-order valence-electron chi connectivity index (χ2n) is 5.06. The Bertz CT molecular complexity index is 364. The smallest absolute Gasteiger partial charge is 0.303 e. The molecule has 0 amide bonds. The third-order valence-corrected chi connectivity index (χ3v) is 3.53. The first-order valence-electron chi connectivity index (χ1n) is 7.13. The van der Waals surface area contributed by atoms with E-state index in [1.165, 1.54) is 5.56 Å². The third-order valence-electron chi connectivity index (χ3n) is 3.53. The number of hydrogen-bond acceptors (Lipinski definition) is 2. The summed E-state index contributed by atoms with van der Waals surface area (Å²) in [6, 6.07) is 11.0. The van der Waals surface area contributed by atoms with Crippen molar-refractivity contribution >= 4 is 5.97 Å². The lowest BCUT2D eigenvalue weighted by Crippen LogP contribution is -2.33. The van der Waals surface area contributed by atoms with Crippen molar-refractivity contribution in [3.05, 3.63) is 35.9 Å². The molecule has 0 bridgehead atoms. The van der Waals surface area contributed by atoms with Gasteiger partial charge in [0.2, 0.25) is 0 Å². The van der Waals surface area contributed by atoms with Gasteiger partial charge in [0.1, 0.15) is 0 Å². The Hall–Kier alpha value is -1.35. The van der Waals surface area contributed by atoms with Crippen LogP contribution in [0.25, 0.3) is 0 Å². The van der Waals surface area contributed by atoms with Crippen molar-refractivity contribution in [1.82, 2.24) is 4.90 Å². The highest BCUT2D eigenvalue weighted by atomic mass is 16.4. The Morgan fingerprint density at radius 2 is 1.95 bits per heavy atom. The molecule has 0 spiro atoms. The lowest BCUT2D eigenvalue weighted by atomic mass is 10.1. The van der Waals surface area contributed by atoms with E-state index in [1.54, 1.807) is 0 Å². The van der Waals surface area contributed by atoms with Crippen LogP contribution in [0.1, 0.15) is 45.1 Å². The number of benzene rings is 1. The van der Waals surface area contributed by atoms with E-state index in [0.29, 0.717) is 6.04 Å². The molecule has 1 unspecified atom stereocenters. The van der Waals surface area contributed by atoms with E-state index in [1.807, 2.05) is 6.07 Å². The minimum Gasteiger partial charge on any atom is -0.481 e. The van der Waals surface area contributed by atoms with Gasteiger partial charge in [-0.3, -0.25) is 9.69 Å². The summed E-state index contributed by atoms with van der Waals surface area (Å²) in [6.45, 7) is 6.35. The van der Waals surface area contributed by atoms with Gasteiger partial charge < -0.3 is 5.11 Å². The molecule has 3 nitrogen and oxygen atoms in total. The molecule has 1 aromatic rings. The normalized spacial score (nSPS) is 12.6. The van der Waals surface area contributed by atoms with Gasteiger partial charge in [0.05, 0.1) is 0 Å². The maximum Gasteiger partial charge on any atom is 0.303 e. The van der Waals surface area contributed by atoms with E-state index < -0.39 is 5.97 Å². The standard InChI is InChI=1S/C16H25NO2/c1-3-14(2)17(12-8-7-11-16(18)19)13-15-9-5-4-6-10-15/h4-6,9-10,14H,3,7-8,11-13H2,1-2H3,(H,18,19). The molecule has 0 radical (unpaired) electrons. The van der Waals surface area contributed by atoms with Crippen LogP contribution in [0.15, 0.2) is 30.3 Å². The van der Waals surface area contributed by atoms with E-state index in [2.05, 4.69) is 43.0 Å². The van der Waals surface area contributed by atoms with Crippen LogP contribution in [0.5, 0.6) is 0 Å². The number of carboxylic acids is 1. The zero-order chi connectivity index (χ0) is 14.1. The molecule has 0 saturated heterocycles. The molecule has 1 rings (SSSR count). The van der Waals surface area contributed by atoms with Crippen LogP contribution in [0.2, 0.25) is 0 Å². The summed E-state index contributed by atoms with van der Waals surface area (Å²) in [5.74, 6) is -0.696. The van der Waals surface area contributed by atoms with Crippen LogP contribution in [0, 0.1) is 0 Å². The molecular weight excluding hydrogens is 238 g/mol. The topological polar surface area (TPSA) is 40.5 Å². The fraction of sp³-hybridized carbons (Fsp3) is 0.562. The molecule has 106 valence electrons. The Morgan fingerprint density at radius 1 is 1.26 bits per heavy atom. The number of aliphatic carboxylic acids is 1. The summed E-state index contributed by atoms with van der Waals surface area (Å²) >= 11 is 0. The van der Waals surface area contributed by atoms with Gasteiger partial charge in [0.25, 0.3) is 0 Å². The SMILES string of the molecule is CCC(C)N(CCCCC(=O)O)Cc1ccccc1. The van der Waals surface area contributed by atoms with Crippen molar-refractivity contribution in [3.63, 3.8) is 0 Å². The van der Waals surface area contributed by atoms with Gasteiger partial charge in [-0.2, -0.15) is 0 Å². The zero-order valence-electron chi connectivity index (χ0n) is 12.0. The summed E-state index contributed by atoms with van der Waals surface area (Å²) in [6.07, 6.45) is 3.10. The summed E-state index contributed by atoms with van der Waals surface area (Å²) < 4.78 is 0. The summed E-state index contributed by atoms with van der Waals surface area (Å²) in [5, 5.41) is 8.66. The minimum absolute atomic E-state index is 0.277. The van der Waals surface area contributed by atoms with E-state index in [9.17, 15) is 4.79 Å². The van der Waals surface area contributed by atoms with Crippen LogP contribution in [-0.2, 0) is 11.3 Å². The fourth-order valence-electron chi connectivity index (χ4n) is 2.12. The molecule has 1 aromatic carbocycles. The number of unbranched alkanes of at least 4 members (excludes halogenated alkanes) is 1. The molecule has 1 atom stereocenters. The largest absolute Gasteiger partial charge is 0.481 e. The number of hydrogen-bond donors (Lipinski definition) is 1. The van der Waals surface area contributed by atoms with Gasteiger partial charge in [-0.05, 0) is 38.3 Å². The quantitative estimate of drug-likeness (QED) is 0.693. The molecule has 0 fully saturated rings. The minimum atomic E-state index is -0.696. The Morgan fingerprint density at radius 3 is 2.53 bits per heavy atom. The van der Waals surface area contributed by atoms with Crippen molar-refractivity contribution in [2.75, 3.05) is 6.54 Å². The molecule has 0 aliphatic carbocycles. The average molecular weight is 263 g/mol. The highest BCUT2D eigenvalue weighted by Crippen LogP contribution is 2.12. The van der Waals surface area contributed by atoms with Gasteiger partial charge >= 0.3 is 5.97 Å². The first-order chi connectivity index (χ1) is 9.13. The van der Waals surface area contributed by atoms with Crippen molar-refractivity contribution in [2.45, 2.75) is 52.1 Å². The molecule has 0 aromatic heterocycles. The lowest BCUT2D eigenvalue weighted by molar-refractivity contribution is -0.137. The molecule has 19 heavy (non-hydrogen) atoms. The van der Waals surface area contributed by atoms with Crippen molar-refractivity contribution in [3.8, 4) is 0 Å². The van der Waals surface area contributed by atoms with Crippen molar-refractivity contribution in [1.29, 1.82) is 0 Å². The highest BCUT2D eigenvalue weighted by Gasteiger charge is 2.12. The average Bonchev–Trinajstić information content (AvgIpc) is 2.42. The van der Waals surface area contributed by atoms with Crippen LogP contribution >= 0.6 is 0 Å². The highest BCUT2D eigenvalue weighted by molar-refractivity contribution is 5.66. The molecule has 0 aliphatic rings. The first-order valence-corrected chi connectivity index (χ1v) is 7.13. The lowest BCUT2D eigenvalue weighted by Gasteiger charge is -2.28. The molecule has 0 saturated carbocycles. The van der Waals surface area contributed by atoms with Gasteiger partial charge in [-0.1, -0.05) is 37.3 Å². The number of carboxylic acid groups (broad SMARTS) is 1. The number of carbonyl (C=O) groups is 1. The predicted octanol–water partition coefficient (Wildman–Crippen LogP) is 3.54. The van der Waals surface area contributed by atoms with Crippen LogP contribution in [-0.4, -0.2) is 28.6 Å². The first kappa shape index (κ1) is 15.7. The van der Waals surface area contributed by atoms with Crippen LogP contribution in [0.4, 0.5) is 0 Å².